The third-order valence-electron chi connectivity index (χ3n) is 3.62. The molecule has 2 aromatic rings. The van der Waals surface area contributed by atoms with E-state index in [0.29, 0.717) is 5.92 Å². The van der Waals surface area contributed by atoms with Gasteiger partial charge in [0.2, 0.25) is 0 Å². The van der Waals surface area contributed by atoms with E-state index in [2.05, 4.69) is 14.6 Å². The maximum Gasteiger partial charge on any atom is 0.179 e. The number of hydrogen-bond acceptors (Lipinski definition) is 3. The number of fused-ring (bicyclic) bond motifs is 1. The average molecular weight is 266 g/mol. The van der Waals surface area contributed by atoms with Gasteiger partial charge in [-0.3, -0.25) is 4.68 Å². The number of ether oxygens (including phenoxy) is 1. The number of aromatic nitrogens is 4. The molecule has 0 bridgehead atoms. The van der Waals surface area contributed by atoms with Crippen molar-refractivity contribution in [1.29, 1.82) is 0 Å². The van der Waals surface area contributed by atoms with Gasteiger partial charge in [-0.15, -0.1) is 0 Å². The summed E-state index contributed by atoms with van der Waals surface area (Å²) < 4.78 is 10.4. The van der Waals surface area contributed by atoms with Crippen LogP contribution in [0.5, 0.6) is 0 Å². The first-order chi connectivity index (χ1) is 8.66. The van der Waals surface area contributed by atoms with Crippen LogP contribution < -0.4 is 0 Å². The van der Waals surface area contributed by atoms with Crippen molar-refractivity contribution >= 4 is 23.4 Å². The molecule has 6 heteroatoms. The van der Waals surface area contributed by atoms with E-state index in [0.717, 1.165) is 47.8 Å². The number of nitrogens with one attached hydrogen (secondary N) is 1. The van der Waals surface area contributed by atoms with E-state index in [1.807, 2.05) is 18.7 Å². The second-order valence-electron chi connectivity index (χ2n) is 5.03. The highest BCUT2D eigenvalue weighted by Gasteiger charge is 2.18. The summed E-state index contributed by atoms with van der Waals surface area (Å²) in [5.74, 6) is 0.555. The summed E-state index contributed by atoms with van der Waals surface area (Å²) in [4.78, 5) is 3.26. The first-order valence-electron chi connectivity index (χ1n) is 6.36. The van der Waals surface area contributed by atoms with Gasteiger partial charge < -0.3 is 14.3 Å². The molecule has 1 fully saturated rings. The fourth-order valence-corrected chi connectivity index (χ4v) is 3.01. The standard InChI is InChI=1S/C12H18N4OS/c1-8-10-11(15(2)14-8)16(12(18)13-10)6-9-4-3-5-17-7-9/h9H,3-7H2,1-2H3,(H,13,18). The molecule has 0 amide bonds. The van der Waals surface area contributed by atoms with E-state index in [1.165, 1.54) is 6.42 Å². The lowest BCUT2D eigenvalue weighted by atomic mass is 10.0. The molecule has 0 aromatic carbocycles. The van der Waals surface area contributed by atoms with Gasteiger partial charge in [-0.2, -0.15) is 5.10 Å². The molecule has 1 N–H and O–H groups in total. The van der Waals surface area contributed by atoms with Crippen LogP contribution in [0.3, 0.4) is 0 Å². The summed E-state index contributed by atoms with van der Waals surface area (Å²) in [6.07, 6.45) is 2.36. The Morgan fingerprint density at radius 2 is 2.39 bits per heavy atom. The number of aryl methyl sites for hydroxylation is 2. The van der Waals surface area contributed by atoms with Crippen molar-refractivity contribution in [1.82, 2.24) is 19.3 Å². The van der Waals surface area contributed by atoms with Crippen LogP contribution in [0.25, 0.3) is 11.2 Å². The van der Waals surface area contributed by atoms with Crippen LogP contribution in [0, 0.1) is 17.6 Å². The van der Waals surface area contributed by atoms with Crippen molar-refractivity contribution in [3.63, 3.8) is 0 Å². The second-order valence-corrected chi connectivity index (χ2v) is 5.42. The molecule has 3 heterocycles. The highest BCUT2D eigenvalue weighted by molar-refractivity contribution is 7.71. The smallest absolute Gasteiger partial charge is 0.179 e. The molecule has 3 rings (SSSR count). The van der Waals surface area contributed by atoms with Gasteiger partial charge in [0, 0.05) is 26.1 Å². The van der Waals surface area contributed by atoms with Gasteiger partial charge in [0.05, 0.1) is 12.3 Å². The van der Waals surface area contributed by atoms with Crippen molar-refractivity contribution in [2.45, 2.75) is 26.3 Å². The van der Waals surface area contributed by atoms with Gasteiger partial charge >= 0.3 is 0 Å². The lowest BCUT2D eigenvalue weighted by Gasteiger charge is -2.22. The molecule has 0 saturated carbocycles. The van der Waals surface area contributed by atoms with Crippen LogP contribution >= 0.6 is 12.2 Å². The van der Waals surface area contributed by atoms with E-state index < -0.39 is 0 Å². The van der Waals surface area contributed by atoms with Gasteiger partial charge in [0.25, 0.3) is 0 Å². The molecule has 1 aliphatic rings. The Hall–Kier alpha value is -1.14. The van der Waals surface area contributed by atoms with Crippen molar-refractivity contribution in [2.75, 3.05) is 13.2 Å². The van der Waals surface area contributed by atoms with E-state index in [4.69, 9.17) is 17.0 Å². The van der Waals surface area contributed by atoms with Crippen LogP contribution in [0.15, 0.2) is 0 Å². The Balaban J connectivity index is 2.00. The second kappa shape index (κ2) is 4.51. The van der Waals surface area contributed by atoms with Crippen LogP contribution in [-0.4, -0.2) is 32.5 Å². The van der Waals surface area contributed by atoms with Crippen molar-refractivity contribution in [2.24, 2.45) is 13.0 Å². The molecule has 2 aromatic heterocycles. The van der Waals surface area contributed by atoms with E-state index in [1.54, 1.807) is 0 Å². The summed E-state index contributed by atoms with van der Waals surface area (Å²) in [7, 11) is 1.96. The molecule has 5 nitrogen and oxygen atoms in total. The maximum absolute atomic E-state index is 5.54. The third kappa shape index (κ3) is 1.89. The summed E-state index contributed by atoms with van der Waals surface area (Å²) in [5, 5.41) is 4.43. The van der Waals surface area contributed by atoms with Crippen molar-refractivity contribution in [3.05, 3.63) is 10.5 Å². The Labute approximate surface area is 111 Å². The van der Waals surface area contributed by atoms with Crippen molar-refractivity contribution in [3.8, 4) is 0 Å². The normalized spacial score (nSPS) is 20.7. The van der Waals surface area contributed by atoms with Crippen LogP contribution in [0.2, 0.25) is 0 Å². The molecular formula is C12H18N4OS. The molecule has 1 saturated heterocycles. The van der Waals surface area contributed by atoms with Crippen LogP contribution in [0.4, 0.5) is 0 Å². The molecule has 98 valence electrons. The van der Waals surface area contributed by atoms with E-state index in [9.17, 15) is 0 Å². The van der Waals surface area contributed by atoms with Gasteiger partial charge in [0.15, 0.2) is 10.4 Å². The monoisotopic (exact) mass is 266 g/mol. The molecule has 0 radical (unpaired) electrons. The van der Waals surface area contributed by atoms with E-state index >= 15 is 0 Å². The average Bonchev–Trinajstić information content (AvgIpc) is 2.81. The van der Waals surface area contributed by atoms with Gasteiger partial charge in [-0.1, -0.05) is 0 Å². The zero-order valence-corrected chi connectivity index (χ0v) is 11.6. The van der Waals surface area contributed by atoms with Crippen LogP contribution in [0.1, 0.15) is 18.5 Å². The first kappa shape index (κ1) is 11.9. The van der Waals surface area contributed by atoms with Gasteiger partial charge in [-0.25, -0.2) is 0 Å². The number of imidazole rings is 1. The predicted molar refractivity (Wildman–Crippen MR) is 72.2 cm³/mol. The minimum Gasteiger partial charge on any atom is -0.381 e. The summed E-state index contributed by atoms with van der Waals surface area (Å²) in [5.41, 5.74) is 3.14. The Morgan fingerprint density at radius 3 is 3.11 bits per heavy atom. The SMILES string of the molecule is Cc1nn(C)c2c1[nH]c(=S)n2CC1CCCOC1. The minimum atomic E-state index is 0.555. The number of aromatic amines is 1. The molecular weight excluding hydrogens is 248 g/mol. The largest absolute Gasteiger partial charge is 0.381 e. The lowest BCUT2D eigenvalue weighted by Crippen LogP contribution is -2.22. The van der Waals surface area contributed by atoms with Gasteiger partial charge in [-0.05, 0) is 32.0 Å². The minimum absolute atomic E-state index is 0.555. The fraction of sp³-hybridized carbons (Fsp3) is 0.667. The molecule has 1 aliphatic heterocycles. The molecule has 0 spiro atoms. The molecule has 18 heavy (non-hydrogen) atoms. The lowest BCUT2D eigenvalue weighted by molar-refractivity contribution is 0.0485. The van der Waals surface area contributed by atoms with Crippen LogP contribution in [-0.2, 0) is 18.3 Å². The number of nitrogens with zero attached hydrogens (tertiary/aromatic N) is 3. The zero-order chi connectivity index (χ0) is 12.7. The summed E-state index contributed by atoms with van der Waals surface area (Å²) in [6, 6.07) is 0. The Morgan fingerprint density at radius 1 is 1.56 bits per heavy atom. The number of hydrogen-bond donors (Lipinski definition) is 1. The molecule has 1 unspecified atom stereocenters. The van der Waals surface area contributed by atoms with Gasteiger partial charge in [0.1, 0.15) is 5.52 Å². The third-order valence-corrected chi connectivity index (χ3v) is 3.94. The zero-order valence-electron chi connectivity index (χ0n) is 10.8. The van der Waals surface area contributed by atoms with E-state index in [-0.39, 0.29) is 0 Å². The predicted octanol–water partition coefficient (Wildman–Crippen LogP) is 2.17. The molecule has 1 atom stereocenters. The quantitative estimate of drug-likeness (QED) is 0.847. The topological polar surface area (TPSA) is 47.8 Å². The fourth-order valence-electron chi connectivity index (χ4n) is 2.75. The highest BCUT2D eigenvalue weighted by Crippen LogP contribution is 2.21. The number of rotatable bonds is 2. The molecule has 0 aliphatic carbocycles. The summed E-state index contributed by atoms with van der Waals surface area (Å²) in [6.45, 7) is 4.65. The number of H-pyrrole nitrogens is 1. The van der Waals surface area contributed by atoms with Crippen molar-refractivity contribution < 1.29 is 4.74 Å². The Bertz CT molecular complexity index is 618. The first-order valence-corrected chi connectivity index (χ1v) is 6.77. The Kier molecular flexibility index (Phi) is 2.99. The highest BCUT2D eigenvalue weighted by atomic mass is 32.1. The maximum atomic E-state index is 5.54. The summed E-state index contributed by atoms with van der Waals surface area (Å²) >= 11 is 5.42.